The van der Waals surface area contributed by atoms with Crippen LogP contribution in [0, 0.1) is 0 Å². The third-order valence-corrected chi connectivity index (χ3v) is 7.02. The summed E-state index contributed by atoms with van der Waals surface area (Å²) in [6.07, 6.45) is 2.69. The maximum Gasteiger partial charge on any atom is 0.339 e. The van der Waals surface area contributed by atoms with Crippen molar-refractivity contribution < 1.29 is 15.0 Å². The fourth-order valence-electron chi connectivity index (χ4n) is 4.80. The zero-order chi connectivity index (χ0) is 26.6. The number of halogens is 2. The molecular formula is C25H17Cl2N7O4. The first kappa shape index (κ1) is 23.9. The van der Waals surface area contributed by atoms with Crippen LogP contribution in [-0.2, 0) is 6.42 Å². The Kier molecular flexibility index (Phi) is 5.73. The molecular weight excluding hydrogens is 533 g/mol. The number of aromatic nitrogens is 7. The minimum Gasteiger partial charge on any atom is -0.507 e. The lowest BCUT2D eigenvalue weighted by Gasteiger charge is -2.15. The smallest absolute Gasteiger partial charge is 0.339 e. The molecule has 1 atom stereocenters. The summed E-state index contributed by atoms with van der Waals surface area (Å²) in [5.41, 5.74) is 3.23. The van der Waals surface area contributed by atoms with Crippen LogP contribution in [0.1, 0.15) is 34.3 Å². The van der Waals surface area contributed by atoms with E-state index in [0.717, 1.165) is 5.69 Å². The fraction of sp³-hybridized carbons (Fsp3) is 0.120. The highest BCUT2D eigenvalue weighted by molar-refractivity contribution is 6.32. The van der Waals surface area contributed by atoms with Crippen LogP contribution in [0.2, 0.25) is 10.2 Å². The van der Waals surface area contributed by atoms with E-state index in [1.54, 1.807) is 28.8 Å². The number of pyridine rings is 1. The number of carbonyl (C=O) groups is 1. The van der Waals surface area contributed by atoms with Gasteiger partial charge in [0.05, 0.1) is 17.4 Å². The van der Waals surface area contributed by atoms with Crippen molar-refractivity contribution in [3.63, 3.8) is 0 Å². The molecule has 11 nitrogen and oxygen atoms in total. The van der Waals surface area contributed by atoms with Crippen molar-refractivity contribution >= 4 is 29.2 Å². The molecule has 38 heavy (non-hydrogen) atoms. The number of carboxylic acids is 1. The standard InChI is InChI=1S/C25H17Cl2N7O4/c26-14-2-4-18(33-11-28-31-32-33)16(10-14)13-7-15-3-5-19(34(15)21(36)9-13)24-29-22(23(27)30-24)12-1-6-20(35)17(8-12)25(37)38/h1-2,4,6-11,19,35H,3,5H2,(H,29,30)(H,37,38)/t19-/m0/s1. The Labute approximate surface area is 223 Å². The number of hydrogen-bond acceptors (Lipinski definition) is 7. The van der Waals surface area contributed by atoms with Crippen LogP contribution in [0.15, 0.2) is 59.7 Å². The van der Waals surface area contributed by atoms with Crippen molar-refractivity contribution in [2.45, 2.75) is 18.9 Å². The van der Waals surface area contributed by atoms with E-state index >= 15 is 0 Å². The second kappa shape index (κ2) is 9.12. The highest BCUT2D eigenvalue weighted by Gasteiger charge is 2.29. The van der Waals surface area contributed by atoms with Crippen LogP contribution in [-0.4, -0.2) is 50.9 Å². The van der Waals surface area contributed by atoms with Gasteiger partial charge in [-0.3, -0.25) is 4.79 Å². The summed E-state index contributed by atoms with van der Waals surface area (Å²) >= 11 is 12.7. The molecule has 190 valence electrons. The zero-order valence-corrected chi connectivity index (χ0v) is 20.8. The summed E-state index contributed by atoms with van der Waals surface area (Å²) in [5.74, 6) is -1.15. The number of H-pyrrole nitrogens is 1. The van der Waals surface area contributed by atoms with Gasteiger partial charge in [-0.15, -0.1) is 5.10 Å². The molecule has 4 heterocycles. The quantitative estimate of drug-likeness (QED) is 0.296. The molecule has 0 radical (unpaired) electrons. The molecule has 13 heteroatoms. The van der Waals surface area contributed by atoms with Gasteiger partial charge in [0.1, 0.15) is 23.5 Å². The van der Waals surface area contributed by atoms with Crippen molar-refractivity contribution in [3.8, 4) is 33.8 Å². The predicted molar refractivity (Wildman–Crippen MR) is 138 cm³/mol. The van der Waals surface area contributed by atoms with Gasteiger partial charge in [-0.2, -0.15) is 4.68 Å². The van der Waals surface area contributed by atoms with E-state index in [-0.39, 0.29) is 22.0 Å². The number of nitrogens with zero attached hydrogens (tertiary/aromatic N) is 6. The molecule has 0 saturated heterocycles. The third kappa shape index (κ3) is 4.01. The summed E-state index contributed by atoms with van der Waals surface area (Å²) in [6, 6.07) is 12.5. The molecule has 6 rings (SSSR count). The summed E-state index contributed by atoms with van der Waals surface area (Å²) in [6.45, 7) is 0. The number of nitrogens with one attached hydrogen (secondary N) is 1. The first-order chi connectivity index (χ1) is 18.3. The monoisotopic (exact) mass is 549 g/mol. The Morgan fingerprint density at radius 3 is 2.68 bits per heavy atom. The van der Waals surface area contributed by atoms with Crippen LogP contribution in [0.3, 0.4) is 0 Å². The van der Waals surface area contributed by atoms with E-state index in [0.29, 0.717) is 51.8 Å². The van der Waals surface area contributed by atoms with Crippen LogP contribution in [0.4, 0.5) is 0 Å². The lowest BCUT2D eigenvalue weighted by atomic mass is 10.0. The van der Waals surface area contributed by atoms with Gasteiger partial charge >= 0.3 is 5.97 Å². The summed E-state index contributed by atoms with van der Waals surface area (Å²) in [4.78, 5) is 32.4. The van der Waals surface area contributed by atoms with Crippen molar-refractivity contribution in [2.24, 2.45) is 0 Å². The number of aryl methyl sites for hydroxylation is 1. The van der Waals surface area contributed by atoms with Gasteiger partial charge in [-0.05, 0) is 71.3 Å². The van der Waals surface area contributed by atoms with Crippen molar-refractivity contribution in [2.75, 3.05) is 0 Å². The van der Waals surface area contributed by atoms with E-state index in [4.69, 9.17) is 23.2 Å². The Balaban J connectivity index is 1.40. The minimum absolute atomic E-state index is 0.130. The summed E-state index contributed by atoms with van der Waals surface area (Å²) in [5, 5.41) is 31.2. The molecule has 5 aromatic rings. The van der Waals surface area contributed by atoms with E-state index in [1.165, 1.54) is 29.2 Å². The molecule has 0 fully saturated rings. The second-order valence-corrected chi connectivity index (χ2v) is 9.53. The molecule has 0 spiro atoms. The maximum absolute atomic E-state index is 13.4. The number of carboxylic acid groups (broad SMARTS) is 1. The Morgan fingerprint density at radius 1 is 1.08 bits per heavy atom. The summed E-state index contributed by atoms with van der Waals surface area (Å²) < 4.78 is 3.17. The largest absolute Gasteiger partial charge is 0.507 e. The van der Waals surface area contributed by atoms with E-state index < -0.39 is 12.0 Å². The molecule has 2 aromatic carbocycles. The number of hydrogen-bond donors (Lipinski definition) is 3. The van der Waals surface area contributed by atoms with E-state index in [1.807, 2.05) is 6.07 Å². The molecule has 1 aliphatic rings. The van der Waals surface area contributed by atoms with Gasteiger partial charge in [0.25, 0.3) is 5.56 Å². The van der Waals surface area contributed by atoms with Gasteiger partial charge < -0.3 is 19.8 Å². The predicted octanol–water partition coefficient (Wildman–Crippen LogP) is 4.13. The molecule has 1 aliphatic heterocycles. The number of fused-ring (bicyclic) bond motifs is 1. The normalized spacial score (nSPS) is 14.5. The Morgan fingerprint density at radius 2 is 1.92 bits per heavy atom. The molecule has 3 N–H and O–H groups in total. The number of rotatable bonds is 5. The molecule has 0 aliphatic carbocycles. The van der Waals surface area contributed by atoms with Gasteiger partial charge in [-0.25, -0.2) is 9.78 Å². The first-order valence-corrected chi connectivity index (χ1v) is 12.2. The zero-order valence-electron chi connectivity index (χ0n) is 19.3. The average molecular weight is 550 g/mol. The first-order valence-electron chi connectivity index (χ1n) is 11.4. The molecule has 0 bridgehead atoms. The number of tetrazole rings is 1. The van der Waals surface area contributed by atoms with Gasteiger partial charge in [-0.1, -0.05) is 23.2 Å². The summed E-state index contributed by atoms with van der Waals surface area (Å²) in [7, 11) is 0. The van der Waals surface area contributed by atoms with E-state index in [2.05, 4.69) is 25.5 Å². The second-order valence-electron chi connectivity index (χ2n) is 8.74. The Hall–Kier alpha value is -4.48. The molecule has 3 aromatic heterocycles. The lowest BCUT2D eigenvalue weighted by Crippen LogP contribution is -2.24. The molecule has 0 saturated carbocycles. The highest BCUT2D eigenvalue weighted by Crippen LogP contribution is 2.36. The molecule has 0 unspecified atom stereocenters. The van der Waals surface area contributed by atoms with Crippen LogP contribution in [0.25, 0.3) is 28.1 Å². The fourth-order valence-corrected chi connectivity index (χ4v) is 5.22. The van der Waals surface area contributed by atoms with Crippen molar-refractivity contribution in [1.82, 2.24) is 34.7 Å². The number of aromatic hydroxyl groups is 1. The van der Waals surface area contributed by atoms with Crippen LogP contribution < -0.4 is 5.56 Å². The number of phenols is 1. The van der Waals surface area contributed by atoms with Gasteiger partial charge in [0.2, 0.25) is 0 Å². The minimum atomic E-state index is -1.27. The Bertz CT molecular complexity index is 1780. The van der Waals surface area contributed by atoms with Crippen molar-refractivity contribution in [3.05, 3.63) is 92.5 Å². The van der Waals surface area contributed by atoms with Crippen LogP contribution >= 0.6 is 23.2 Å². The average Bonchev–Trinajstić information content (AvgIpc) is 3.64. The lowest BCUT2D eigenvalue weighted by molar-refractivity contribution is 0.0694. The van der Waals surface area contributed by atoms with Gasteiger partial charge in [0.15, 0.2) is 5.15 Å². The van der Waals surface area contributed by atoms with Gasteiger partial charge in [0, 0.05) is 27.9 Å². The SMILES string of the molecule is O=C(O)c1cc(-c2[nH]c([C@@H]3CCc4cc(-c5cc(Cl)ccc5-n5cnnn5)cc(=O)n43)nc2Cl)ccc1O. The topological polar surface area (TPSA) is 152 Å². The highest BCUT2D eigenvalue weighted by atomic mass is 35.5. The molecule has 0 amide bonds. The number of imidazole rings is 1. The number of benzene rings is 2. The maximum atomic E-state index is 13.4. The van der Waals surface area contributed by atoms with Crippen LogP contribution in [0.5, 0.6) is 5.75 Å². The van der Waals surface area contributed by atoms with E-state index in [9.17, 15) is 19.8 Å². The number of aromatic amines is 1. The number of aromatic carboxylic acids is 1. The van der Waals surface area contributed by atoms with Crippen molar-refractivity contribution in [1.29, 1.82) is 0 Å². The third-order valence-electron chi connectivity index (χ3n) is 6.51.